The van der Waals surface area contributed by atoms with Crippen molar-refractivity contribution in [3.8, 4) is 11.5 Å². The summed E-state index contributed by atoms with van der Waals surface area (Å²) >= 11 is 0. The Morgan fingerprint density at radius 3 is 1.31 bits per heavy atom. The Hall–Kier alpha value is -4.04. The van der Waals surface area contributed by atoms with Crippen LogP contribution in [0.2, 0.25) is 0 Å². The summed E-state index contributed by atoms with van der Waals surface area (Å²) in [5.74, 6) is 1.92. The summed E-state index contributed by atoms with van der Waals surface area (Å²) in [5.41, 5.74) is 1.31. The molecule has 0 bridgehead atoms. The standard InChI is InChI=1S/C20H22O2.C14H10/c1-4-14-11-12-17-18(13-14)20(22-6-3)16-10-8-7-9-15(16)19(17)21-5-2;1-2-6-12-10-14-8-4-3-7-13(14)9-11(12)5-1/h7-13H,4-6H2,1-3H3;1-10H. The van der Waals surface area contributed by atoms with E-state index < -0.39 is 0 Å². The molecule has 0 saturated heterocycles. The fraction of sp³-hybridized carbons (Fsp3) is 0.176. The predicted molar refractivity (Wildman–Crippen MR) is 155 cm³/mol. The number of fused-ring (bicyclic) bond motifs is 4. The Morgan fingerprint density at radius 2 is 0.861 bits per heavy atom. The minimum absolute atomic E-state index is 0.655. The van der Waals surface area contributed by atoms with Crippen LogP contribution in [-0.2, 0) is 6.42 Å². The van der Waals surface area contributed by atoms with E-state index in [0.717, 1.165) is 39.5 Å². The van der Waals surface area contributed by atoms with Gasteiger partial charge in [0.05, 0.1) is 13.2 Å². The van der Waals surface area contributed by atoms with Crippen molar-refractivity contribution in [3.63, 3.8) is 0 Å². The van der Waals surface area contributed by atoms with Crippen LogP contribution < -0.4 is 9.47 Å². The van der Waals surface area contributed by atoms with Crippen LogP contribution >= 0.6 is 0 Å². The zero-order chi connectivity index (χ0) is 24.9. The maximum Gasteiger partial charge on any atom is 0.135 e. The van der Waals surface area contributed by atoms with E-state index in [0.29, 0.717) is 13.2 Å². The van der Waals surface area contributed by atoms with Gasteiger partial charge in [-0.2, -0.15) is 0 Å². The van der Waals surface area contributed by atoms with E-state index in [-0.39, 0.29) is 0 Å². The molecule has 0 spiro atoms. The number of ether oxygens (including phenoxy) is 2. The van der Waals surface area contributed by atoms with E-state index in [9.17, 15) is 0 Å². The monoisotopic (exact) mass is 472 g/mol. The highest BCUT2D eigenvalue weighted by atomic mass is 16.5. The van der Waals surface area contributed by atoms with Gasteiger partial charge in [-0.15, -0.1) is 0 Å². The van der Waals surface area contributed by atoms with E-state index in [4.69, 9.17) is 9.47 Å². The second kappa shape index (κ2) is 10.7. The second-order valence-electron chi connectivity index (χ2n) is 8.85. The summed E-state index contributed by atoms with van der Waals surface area (Å²) in [6.45, 7) is 7.54. The molecule has 2 nitrogen and oxygen atoms in total. The Kier molecular flexibility index (Phi) is 7.04. The van der Waals surface area contributed by atoms with E-state index in [1.807, 2.05) is 19.9 Å². The van der Waals surface area contributed by atoms with Crippen LogP contribution in [0.15, 0.2) is 103 Å². The van der Waals surface area contributed by atoms with Gasteiger partial charge >= 0.3 is 0 Å². The first-order valence-corrected chi connectivity index (χ1v) is 12.8. The van der Waals surface area contributed by atoms with E-state index in [1.54, 1.807) is 0 Å². The molecule has 36 heavy (non-hydrogen) atoms. The third-order valence-corrected chi connectivity index (χ3v) is 6.59. The zero-order valence-corrected chi connectivity index (χ0v) is 21.3. The van der Waals surface area contributed by atoms with Crippen molar-refractivity contribution < 1.29 is 9.47 Å². The molecule has 6 aromatic rings. The first-order valence-electron chi connectivity index (χ1n) is 12.8. The highest BCUT2D eigenvalue weighted by molar-refractivity contribution is 6.11. The molecule has 0 saturated carbocycles. The Morgan fingerprint density at radius 1 is 0.444 bits per heavy atom. The summed E-state index contributed by atoms with van der Waals surface area (Å²) in [7, 11) is 0. The van der Waals surface area contributed by atoms with E-state index in [2.05, 4.69) is 104 Å². The average molecular weight is 473 g/mol. The van der Waals surface area contributed by atoms with Crippen molar-refractivity contribution in [3.05, 3.63) is 109 Å². The van der Waals surface area contributed by atoms with Gasteiger partial charge in [0.25, 0.3) is 0 Å². The van der Waals surface area contributed by atoms with Crippen LogP contribution in [0.1, 0.15) is 26.3 Å². The summed E-state index contributed by atoms with van der Waals surface area (Å²) in [4.78, 5) is 0. The third kappa shape index (κ3) is 4.59. The molecule has 2 heteroatoms. The summed E-state index contributed by atoms with van der Waals surface area (Å²) < 4.78 is 12.0. The number of hydrogen-bond acceptors (Lipinski definition) is 2. The van der Waals surface area contributed by atoms with E-state index in [1.165, 1.54) is 27.1 Å². The lowest BCUT2D eigenvalue weighted by Crippen LogP contribution is -1.99. The van der Waals surface area contributed by atoms with Crippen LogP contribution in [-0.4, -0.2) is 13.2 Å². The second-order valence-corrected chi connectivity index (χ2v) is 8.85. The molecular formula is C34H32O2. The Balaban J connectivity index is 0.000000163. The van der Waals surface area contributed by atoms with Crippen LogP contribution in [0.3, 0.4) is 0 Å². The van der Waals surface area contributed by atoms with Crippen LogP contribution in [0.5, 0.6) is 11.5 Å². The Labute approximate surface area is 213 Å². The molecule has 6 aromatic carbocycles. The van der Waals surface area contributed by atoms with Crippen LogP contribution in [0.4, 0.5) is 0 Å². The van der Waals surface area contributed by atoms with Crippen molar-refractivity contribution in [1.82, 2.24) is 0 Å². The largest absolute Gasteiger partial charge is 0.493 e. The minimum atomic E-state index is 0.655. The summed E-state index contributed by atoms with van der Waals surface area (Å²) in [6, 6.07) is 36.3. The van der Waals surface area contributed by atoms with Gasteiger partial charge in [-0.25, -0.2) is 0 Å². The molecular weight excluding hydrogens is 440 g/mol. The summed E-state index contributed by atoms with van der Waals surface area (Å²) in [5, 5.41) is 9.75. The van der Waals surface area contributed by atoms with Gasteiger partial charge in [-0.3, -0.25) is 0 Å². The van der Waals surface area contributed by atoms with Gasteiger partial charge in [0.2, 0.25) is 0 Å². The van der Waals surface area contributed by atoms with Crippen LogP contribution in [0, 0.1) is 0 Å². The molecule has 0 aromatic heterocycles. The smallest absolute Gasteiger partial charge is 0.135 e. The SMILES string of the molecule is CCOc1c2ccccc2c(OCC)c2cc(CC)ccc12.c1ccc2cc3ccccc3cc2c1. The predicted octanol–water partition coefficient (Wildman–Crippen LogP) is 9.35. The highest BCUT2D eigenvalue weighted by Crippen LogP contribution is 2.43. The molecule has 0 heterocycles. The first-order chi connectivity index (χ1) is 17.7. The normalized spacial score (nSPS) is 11.0. The van der Waals surface area contributed by atoms with Gasteiger partial charge in [0, 0.05) is 21.5 Å². The topological polar surface area (TPSA) is 18.5 Å². The van der Waals surface area contributed by atoms with Crippen molar-refractivity contribution in [1.29, 1.82) is 0 Å². The minimum Gasteiger partial charge on any atom is -0.493 e. The molecule has 6 rings (SSSR count). The van der Waals surface area contributed by atoms with Crippen molar-refractivity contribution in [2.75, 3.05) is 13.2 Å². The molecule has 0 atom stereocenters. The van der Waals surface area contributed by atoms with Crippen molar-refractivity contribution in [2.45, 2.75) is 27.2 Å². The number of aryl methyl sites for hydroxylation is 1. The lowest BCUT2D eigenvalue weighted by molar-refractivity contribution is 0.342. The molecule has 0 aliphatic rings. The van der Waals surface area contributed by atoms with E-state index >= 15 is 0 Å². The quantitative estimate of drug-likeness (QED) is 0.233. The Bertz CT molecular complexity index is 1540. The van der Waals surface area contributed by atoms with Crippen molar-refractivity contribution >= 4 is 43.1 Å². The maximum absolute atomic E-state index is 6.01. The molecule has 0 fully saturated rings. The molecule has 0 aliphatic heterocycles. The molecule has 0 aliphatic carbocycles. The fourth-order valence-electron chi connectivity index (χ4n) is 4.85. The average Bonchev–Trinajstić information content (AvgIpc) is 2.93. The van der Waals surface area contributed by atoms with Gasteiger partial charge in [-0.1, -0.05) is 91.9 Å². The third-order valence-electron chi connectivity index (χ3n) is 6.59. The van der Waals surface area contributed by atoms with Gasteiger partial charge < -0.3 is 9.47 Å². The molecule has 0 unspecified atom stereocenters. The highest BCUT2D eigenvalue weighted by Gasteiger charge is 2.15. The maximum atomic E-state index is 6.01. The number of benzene rings is 6. The molecule has 180 valence electrons. The zero-order valence-electron chi connectivity index (χ0n) is 21.3. The van der Waals surface area contributed by atoms with Crippen LogP contribution in [0.25, 0.3) is 43.1 Å². The number of hydrogen-bond donors (Lipinski definition) is 0. The lowest BCUT2D eigenvalue weighted by atomic mass is 9.98. The van der Waals surface area contributed by atoms with Gasteiger partial charge in [0.15, 0.2) is 0 Å². The van der Waals surface area contributed by atoms with Gasteiger partial charge in [-0.05, 0) is 65.6 Å². The molecule has 0 radical (unpaired) electrons. The van der Waals surface area contributed by atoms with Gasteiger partial charge in [0.1, 0.15) is 11.5 Å². The number of rotatable bonds is 5. The lowest BCUT2D eigenvalue weighted by Gasteiger charge is -2.17. The molecule has 0 N–H and O–H groups in total. The van der Waals surface area contributed by atoms with Crippen molar-refractivity contribution in [2.24, 2.45) is 0 Å². The fourth-order valence-corrected chi connectivity index (χ4v) is 4.85. The summed E-state index contributed by atoms with van der Waals surface area (Å²) in [6.07, 6.45) is 1.01. The molecule has 0 amide bonds. The first kappa shape index (κ1) is 23.7.